The maximum Gasteiger partial charge on any atom is 0.268 e. The Kier molecular flexibility index (Phi) is 2.99. The topological polar surface area (TPSA) is 75.6 Å². The Morgan fingerprint density at radius 2 is 2.21 bits per heavy atom. The van der Waals surface area contributed by atoms with Crippen LogP contribution in [0.25, 0.3) is 22.3 Å². The van der Waals surface area contributed by atoms with Crippen molar-refractivity contribution in [1.29, 1.82) is 5.26 Å². The lowest BCUT2D eigenvalue weighted by Crippen LogP contribution is -1.86. The minimum absolute atomic E-state index is 0.326. The van der Waals surface area contributed by atoms with Gasteiger partial charge in [0.2, 0.25) is 5.82 Å². The van der Waals surface area contributed by atoms with Gasteiger partial charge in [-0.3, -0.25) is 4.98 Å². The Balaban J connectivity index is 2.00. The van der Waals surface area contributed by atoms with Crippen molar-refractivity contribution < 1.29 is 4.52 Å². The van der Waals surface area contributed by atoms with Crippen LogP contribution in [0, 0.1) is 11.3 Å². The van der Waals surface area contributed by atoms with E-state index in [1.165, 1.54) is 11.3 Å². The first-order valence-corrected chi connectivity index (χ1v) is 6.42. The van der Waals surface area contributed by atoms with Crippen molar-refractivity contribution in [2.24, 2.45) is 0 Å². The number of nitriles is 1. The van der Waals surface area contributed by atoms with E-state index in [9.17, 15) is 0 Å². The SMILES string of the molecule is N#Cc1ccc(-c2nc(-c3ncccc3Cl)no2)s1. The predicted molar refractivity (Wildman–Crippen MR) is 70.6 cm³/mol. The standard InChI is InChI=1S/C12H5ClN4OS/c13-8-2-1-5-15-10(8)11-16-12(18-17-11)9-4-3-7(6-14)19-9/h1-5H. The minimum Gasteiger partial charge on any atom is -0.333 e. The second-order valence-corrected chi connectivity index (χ2v) is 5.02. The fraction of sp³-hybridized carbons (Fsp3) is 0. The van der Waals surface area contributed by atoms with Crippen LogP contribution in [0.2, 0.25) is 5.02 Å². The van der Waals surface area contributed by atoms with Gasteiger partial charge in [0.05, 0.1) is 9.90 Å². The molecular weight excluding hydrogens is 284 g/mol. The molecule has 0 aliphatic rings. The van der Waals surface area contributed by atoms with Gasteiger partial charge in [0.25, 0.3) is 5.89 Å². The van der Waals surface area contributed by atoms with E-state index >= 15 is 0 Å². The first-order chi connectivity index (χ1) is 9.28. The summed E-state index contributed by atoms with van der Waals surface area (Å²) >= 11 is 7.30. The van der Waals surface area contributed by atoms with Crippen molar-refractivity contribution in [3.05, 3.63) is 40.4 Å². The Bertz CT molecular complexity index is 774. The molecule has 3 rings (SSSR count). The molecule has 3 heterocycles. The number of hydrogen-bond donors (Lipinski definition) is 0. The number of pyridine rings is 1. The zero-order valence-corrected chi connectivity index (χ0v) is 10.9. The van der Waals surface area contributed by atoms with Gasteiger partial charge in [-0.1, -0.05) is 16.8 Å². The van der Waals surface area contributed by atoms with Crippen LogP contribution in [-0.4, -0.2) is 15.1 Å². The molecule has 3 aromatic heterocycles. The van der Waals surface area contributed by atoms with E-state index in [0.717, 1.165) is 4.88 Å². The molecule has 92 valence electrons. The maximum absolute atomic E-state index is 8.78. The van der Waals surface area contributed by atoms with E-state index in [1.807, 2.05) is 0 Å². The van der Waals surface area contributed by atoms with Crippen LogP contribution >= 0.6 is 22.9 Å². The molecule has 0 unspecified atom stereocenters. The summed E-state index contributed by atoms with van der Waals surface area (Å²) in [7, 11) is 0. The van der Waals surface area contributed by atoms with Gasteiger partial charge in [0, 0.05) is 6.20 Å². The predicted octanol–water partition coefficient (Wildman–Crippen LogP) is 3.39. The molecule has 0 atom stereocenters. The fourth-order valence-electron chi connectivity index (χ4n) is 1.48. The zero-order chi connectivity index (χ0) is 13.2. The van der Waals surface area contributed by atoms with Crippen molar-refractivity contribution in [3.8, 4) is 28.4 Å². The van der Waals surface area contributed by atoms with Gasteiger partial charge in [-0.15, -0.1) is 11.3 Å². The number of thiophene rings is 1. The number of hydrogen-bond acceptors (Lipinski definition) is 6. The molecule has 0 aliphatic carbocycles. The van der Waals surface area contributed by atoms with E-state index in [1.54, 1.807) is 30.5 Å². The average Bonchev–Trinajstić information content (AvgIpc) is 3.08. The molecule has 0 saturated carbocycles. The first kappa shape index (κ1) is 11.8. The van der Waals surface area contributed by atoms with E-state index in [4.69, 9.17) is 21.4 Å². The molecule has 0 aliphatic heterocycles. The molecule has 19 heavy (non-hydrogen) atoms. The number of halogens is 1. The average molecular weight is 289 g/mol. The summed E-state index contributed by atoms with van der Waals surface area (Å²) in [5.41, 5.74) is 0.469. The fourth-order valence-corrected chi connectivity index (χ4v) is 2.41. The molecule has 7 heteroatoms. The Hall–Kier alpha value is -2.23. The normalized spacial score (nSPS) is 10.3. The highest BCUT2D eigenvalue weighted by Gasteiger charge is 2.15. The van der Waals surface area contributed by atoms with E-state index < -0.39 is 0 Å². The maximum atomic E-state index is 8.78. The smallest absolute Gasteiger partial charge is 0.268 e. The summed E-state index contributed by atoms with van der Waals surface area (Å²) in [6.45, 7) is 0. The van der Waals surface area contributed by atoms with Gasteiger partial charge in [0.1, 0.15) is 16.6 Å². The van der Waals surface area contributed by atoms with E-state index in [-0.39, 0.29) is 0 Å². The van der Waals surface area contributed by atoms with Crippen molar-refractivity contribution in [2.45, 2.75) is 0 Å². The Labute approximate surface area is 117 Å². The summed E-state index contributed by atoms with van der Waals surface area (Å²) < 4.78 is 5.16. The second kappa shape index (κ2) is 4.80. The largest absolute Gasteiger partial charge is 0.333 e. The molecule has 0 saturated heterocycles. The molecule has 0 bridgehead atoms. The molecule has 3 aromatic rings. The number of rotatable bonds is 2. The minimum atomic E-state index is 0.326. The van der Waals surface area contributed by atoms with Gasteiger partial charge in [-0.25, -0.2) is 0 Å². The third-order valence-corrected chi connectivity index (χ3v) is 3.61. The highest BCUT2D eigenvalue weighted by Crippen LogP contribution is 2.29. The summed E-state index contributed by atoms with van der Waals surface area (Å²) in [5.74, 6) is 0.677. The second-order valence-electron chi connectivity index (χ2n) is 3.53. The molecule has 0 N–H and O–H groups in total. The zero-order valence-electron chi connectivity index (χ0n) is 9.37. The Morgan fingerprint density at radius 3 is 2.95 bits per heavy atom. The molecule has 0 spiro atoms. The third kappa shape index (κ3) is 2.21. The molecular formula is C12H5ClN4OS. The lowest BCUT2D eigenvalue weighted by molar-refractivity contribution is 0.433. The van der Waals surface area contributed by atoms with E-state index in [0.29, 0.717) is 27.3 Å². The quantitative estimate of drug-likeness (QED) is 0.722. The lowest BCUT2D eigenvalue weighted by atomic mass is 10.3. The first-order valence-electron chi connectivity index (χ1n) is 5.23. The highest BCUT2D eigenvalue weighted by atomic mass is 35.5. The third-order valence-electron chi connectivity index (χ3n) is 2.32. The van der Waals surface area contributed by atoms with E-state index in [2.05, 4.69) is 21.2 Å². The van der Waals surface area contributed by atoms with Crippen molar-refractivity contribution in [2.75, 3.05) is 0 Å². The summed E-state index contributed by atoms with van der Waals surface area (Å²) in [6.07, 6.45) is 1.61. The lowest BCUT2D eigenvalue weighted by Gasteiger charge is -1.94. The molecule has 0 amide bonds. The summed E-state index contributed by atoms with van der Waals surface area (Å²) in [4.78, 5) is 9.67. The molecule has 0 radical (unpaired) electrons. The summed E-state index contributed by atoms with van der Waals surface area (Å²) in [5, 5.41) is 13.1. The van der Waals surface area contributed by atoms with Gasteiger partial charge in [-0.05, 0) is 24.3 Å². The Morgan fingerprint density at radius 1 is 1.32 bits per heavy atom. The van der Waals surface area contributed by atoms with Crippen LogP contribution in [0.4, 0.5) is 0 Å². The van der Waals surface area contributed by atoms with Gasteiger partial charge < -0.3 is 4.52 Å². The van der Waals surface area contributed by atoms with Crippen LogP contribution in [0.15, 0.2) is 35.0 Å². The van der Waals surface area contributed by atoms with Crippen LogP contribution < -0.4 is 0 Å². The molecule has 5 nitrogen and oxygen atoms in total. The monoisotopic (exact) mass is 288 g/mol. The highest BCUT2D eigenvalue weighted by molar-refractivity contribution is 7.15. The van der Waals surface area contributed by atoms with Gasteiger partial charge in [-0.2, -0.15) is 10.2 Å². The van der Waals surface area contributed by atoms with Crippen LogP contribution in [0.1, 0.15) is 4.88 Å². The van der Waals surface area contributed by atoms with Crippen molar-refractivity contribution in [3.63, 3.8) is 0 Å². The van der Waals surface area contributed by atoms with Crippen LogP contribution in [0.5, 0.6) is 0 Å². The van der Waals surface area contributed by atoms with Crippen molar-refractivity contribution in [1.82, 2.24) is 15.1 Å². The summed E-state index contributed by atoms with van der Waals surface area (Å²) in [6, 6.07) is 8.96. The van der Waals surface area contributed by atoms with Gasteiger partial charge >= 0.3 is 0 Å². The number of aromatic nitrogens is 3. The van der Waals surface area contributed by atoms with Crippen LogP contribution in [0.3, 0.4) is 0 Å². The molecule has 0 fully saturated rings. The number of nitrogens with zero attached hydrogens (tertiary/aromatic N) is 4. The molecule has 0 aromatic carbocycles. The van der Waals surface area contributed by atoms with Crippen LogP contribution in [-0.2, 0) is 0 Å². The van der Waals surface area contributed by atoms with Crippen molar-refractivity contribution >= 4 is 22.9 Å². The van der Waals surface area contributed by atoms with Gasteiger partial charge in [0.15, 0.2) is 0 Å².